The second-order valence-corrected chi connectivity index (χ2v) is 3.52. The van der Waals surface area contributed by atoms with Gasteiger partial charge in [-0.3, -0.25) is 0 Å². The molecule has 0 aliphatic heterocycles. The first-order chi connectivity index (χ1) is 8.29. The molecule has 0 radical (unpaired) electrons. The Morgan fingerprint density at radius 3 is 2.65 bits per heavy atom. The van der Waals surface area contributed by atoms with Gasteiger partial charge in [-0.2, -0.15) is 5.26 Å². The molecule has 17 heavy (non-hydrogen) atoms. The number of nitriles is 1. The van der Waals surface area contributed by atoms with Crippen molar-refractivity contribution < 1.29 is 14.2 Å². The van der Waals surface area contributed by atoms with E-state index in [-0.39, 0.29) is 0 Å². The fraction of sp³-hybridized carbons (Fsp3) is 0.462. The zero-order chi connectivity index (χ0) is 12.5. The lowest BCUT2D eigenvalue weighted by Gasteiger charge is -2.10. The van der Waals surface area contributed by atoms with Crippen LogP contribution in [0.4, 0.5) is 0 Å². The molecule has 0 amide bonds. The van der Waals surface area contributed by atoms with Gasteiger partial charge in [-0.25, -0.2) is 0 Å². The predicted octanol–water partition coefficient (Wildman–Crippen LogP) is 1.91. The minimum Gasteiger partial charge on any atom is -0.490 e. The molecule has 0 saturated heterocycles. The second-order valence-electron chi connectivity index (χ2n) is 3.52. The first-order valence-corrected chi connectivity index (χ1v) is 5.48. The summed E-state index contributed by atoms with van der Waals surface area (Å²) in [5.74, 6) is 0.644. The van der Waals surface area contributed by atoms with E-state index in [9.17, 15) is 0 Å². The summed E-state index contributed by atoms with van der Waals surface area (Å²) >= 11 is 0. The number of hydrogen-bond donors (Lipinski definition) is 0. The number of nitrogens with zero attached hydrogens (tertiary/aromatic N) is 1. The highest BCUT2D eigenvalue weighted by atomic mass is 16.5. The third kappa shape index (κ3) is 4.43. The Balaban J connectivity index is 2.39. The Morgan fingerprint density at radius 1 is 1.18 bits per heavy atom. The standard InChI is InChI=1S/C13H17NO3/c1-11-4-3-5-12(10-14)13(11)17-9-8-16-7-6-15-2/h3-5H,6-9H2,1-2H3. The van der Waals surface area contributed by atoms with Gasteiger partial charge in [0.25, 0.3) is 0 Å². The molecule has 0 unspecified atom stereocenters. The monoisotopic (exact) mass is 235 g/mol. The first-order valence-electron chi connectivity index (χ1n) is 5.48. The van der Waals surface area contributed by atoms with Crippen molar-refractivity contribution in [1.29, 1.82) is 5.26 Å². The van der Waals surface area contributed by atoms with Crippen LogP contribution in [0.15, 0.2) is 18.2 Å². The molecule has 4 heteroatoms. The highest BCUT2D eigenvalue weighted by Crippen LogP contribution is 2.22. The zero-order valence-corrected chi connectivity index (χ0v) is 10.2. The highest BCUT2D eigenvalue weighted by molar-refractivity contribution is 5.47. The largest absolute Gasteiger partial charge is 0.490 e. The highest BCUT2D eigenvalue weighted by Gasteiger charge is 2.05. The Morgan fingerprint density at radius 2 is 1.94 bits per heavy atom. The van der Waals surface area contributed by atoms with Crippen LogP contribution in [0.3, 0.4) is 0 Å². The van der Waals surface area contributed by atoms with Crippen molar-refractivity contribution in [3.63, 3.8) is 0 Å². The lowest BCUT2D eigenvalue weighted by molar-refractivity contribution is 0.0543. The lowest BCUT2D eigenvalue weighted by atomic mass is 10.1. The number of aryl methyl sites for hydroxylation is 1. The van der Waals surface area contributed by atoms with Crippen LogP contribution in [0, 0.1) is 18.3 Å². The van der Waals surface area contributed by atoms with Gasteiger partial charge >= 0.3 is 0 Å². The molecule has 0 atom stereocenters. The van der Waals surface area contributed by atoms with Gasteiger partial charge in [0.2, 0.25) is 0 Å². The zero-order valence-electron chi connectivity index (χ0n) is 10.2. The molecule has 0 N–H and O–H groups in total. The molecule has 0 fully saturated rings. The van der Waals surface area contributed by atoms with E-state index in [0.29, 0.717) is 37.7 Å². The fourth-order valence-corrected chi connectivity index (χ4v) is 1.38. The van der Waals surface area contributed by atoms with Crippen molar-refractivity contribution in [3.8, 4) is 11.8 Å². The van der Waals surface area contributed by atoms with E-state index in [0.717, 1.165) is 5.56 Å². The van der Waals surface area contributed by atoms with Crippen LogP contribution >= 0.6 is 0 Å². The van der Waals surface area contributed by atoms with Gasteiger partial charge in [0.05, 0.1) is 25.4 Å². The van der Waals surface area contributed by atoms with E-state index < -0.39 is 0 Å². The summed E-state index contributed by atoms with van der Waals surface area (Å²) in [6.07, 6.45) is 0. The fourth-order valence-electron chi connectivity index (χ4n) is 1.38. The Kier molecular flexibility index (Phi) is 6.08. The van der Waals surface area contributed by atoms with E-state index in [1.807, 2.05) is 19.1 Å². The molecule has 0 aliphatic carbocycles. The third-order valence-corrected chi connectivity index (χ3v) is 2.24. The summed E-state index contributed by atoms with van der Waals surface area (Å²) in [6.45, 7) is 3.97. The molecule has 0 spiro atoms. The molecule has 1 rings (SSSR count). The van der Waals surface area contributed by atoms with Crippen molar-refractivity contribution in [2.75, 3.05) is 33.5 Å². The summed E-state index contributed by atoms with van der Waals surface area (Å²) < 4.78 is 15.7. The number of benzene rings is 1. The van der Waals surface area contributed by atoms with Crippen LogP contribution in [-0.2, 0) is 9.47 Å². The van der Waals surface area contributed by atoms with Gasteiger partial charge in [0, 0.05) is 7.11 Å². The molecule has 0 aromatic heterocycles. The van der Waals surface area contributed by atoms with E-state index in [1.54, 1.807) is 13.2 Å². The third-order valence-electron chi connectivity index (χ3n) is 2.24. The van der Waals surface area contributed by atoms with Crippen LogP contribution in [0.2, 0.25) is 0 Å². The van der Waals surface area contributed by atoms with Crippen molar-refractivity contribution in [2.45, 2.75) is 6.92 Å². The average molecular weight is 235 g/mol. The Hall–Kier alpha value is -1.57. The van der Waals surface area contributed by atoms with Gasteiger partial charge in [-0.05, 0) is 18.6 Å². The minimum absolute atomic E-state index is 0.434. The van der Waals surface area contributed by atoms with Crippen molar-refractivity contribution >= 4 is 0 Å². The van der Waals surface area contributed by atoms with E-state index in [4.69, 9.17) is 19.5 Å². The number of ether oxygens (including phenoxy) is 3. The number of hydrogen-bond acceptors (Lipinski definition) is 4. The lowest BCUT2D eigenvalue weighted by Crippen LogP contribution is -2.11. The van der Waals surface area contributed by atoms with Gasteiger partial charge in [-0.1, -0.05) is 12.1 Å². The first kappa shape index (κ1) is 13.5. The summed E-state index contributed by atoms with van der Waals surface area (Å²) in [5, 5.41) is 8.94. The molecule has 0 heterocycles. The minimum atomic E-state index is 0.434. The van der Waals surface area contributed by atoms with Gasteiger partial charge in [0.1, 0.15) is 18.4 Å². The predicted molar refractivity (Wildman–Crippen MR) is 64.1 cm³/mol. The van der Waals surface area contributed by atoms with Gasteiger partial charge in [0.15, 0.2) is 0 Å². The number of para-hydroxylation sites is 1. The van der Waals surface area contributed by atoms with Crippen molar-refractivity contribution in [2.24, 2.45) is 0 Å². The molecule has 1 aromatic carbocycles. The maximum Gasteiger partial charge on any atom is 0.140 e. The van der Waals surface area contributed by atoms with Gasteiger partial charge in [-0.15, -0.1) is 0 Å². The molecule has 4 nitrogen and oxygen atoms in total. The molecular formula is C13H17NO3. The molecule has 1 aromatic rings. The summed E-state index contributed by atoms with van der Waals surface area (Å²) in [4.78, 5) is 0. The van der Waals surface area contributed by atoms with Crippen LogP contribution in [0.5, 0.6) is 5.75 Å². The molecule has 0 saturated carbocycles. The maximum absolute atomic E-state index is 8.94. The van der Waals surface area contributed by atoms with E-state index >= 15 is 0 Å². The van der Waals surface area contributed by atoms with Crippen LogP contribution in [-0.4, -0.2) is 33.5 Å². The number of rotatable bonds is 7. The summed E-state index contributed by atoms with van der Waals surface area (Å²) in [5.41, 5.74) is 1.52. The van der Waals surface area contributed by atoms with Crippen molar-refractivity contribution in [1.82, 2.24) is 0 Å². The van der Waals surface area contributed by atoms with Crippen LogP contribution in [0.1, 0.15) is 11.1 Å². The average Bonchev–Trinajstić information content (AvgIpc) is 2.35. The van der Waals surface area contributed by atoms with Crippen LogP contribution < -0.4 is 4.74 Å². The van der Waals surface area contributed by atoms with Crippen molar-refractivity contribution in [3.05, 3.63) is 29.3 Å². The Labute approximate surface area is 102 Å². The van der Waals surface area contributed by atoms with E-state index in [2.05, 4.69) is 6.07 Å². The topological polar surface area (TPSA) is 51.5 Å². The normalized spacial score (nSPS) is 9.94. The maximum atomic E-state index is 8.94. The van der Waals surface area contributed by atoms with E-state index in [1.165, 1.54) is 0 Å². The molecule has 0 bridgehead atoms. The second kappa shape index (κ2) is 7.66. The van der Waals surface area contributed by atoms with Crippen LogP contribution in [0.25, 0.3) is 0 Å². The molecular weight excluding hydrogens is 218 g/mol. The quantitative estimate of drug-likeness (QED) is 0.677. The van der Waals surface area contributed by atoms with Gasteiger partial charge < -0.3 is 14.2 Å². The SMILES string of the molecule is COCCOCCOc1c(C)cccc1C#N. The number of methoxy groups -OCH3 is 1. The molecule has 92 valence electrons. The Bertz CT molecular complexity index is 385. The smallest absolute Gasteiger partial charge is 0.140 e. The summed E-state index contributed by atoms with van der Waals surface area (Å²) in [7, 11) is 1.63. The molecule has 0 aliphatic rings. The summed E-state index contributed by atoms with van der Waals surface area (Å²) in [6, 6.07) is 7.62.